The third-order valence-electron chi connectivity index (χ3n) is 0.922. The molecular weight excluding hydrogens is 173 g/mol. The number of rotatable bonds is 2. The largest absolute Gasteiger partial charge is 0.388 e. The second-order valence-electron chi connectivity index (χ2n) is 1.89. The van der Waals surface area contributed by atoms with Gasteiger partial charge in [0, 0.05) is 6.92 Å². The van der Waals surface area contributed by atoms with E-state index in [2.05, 4.69) is 0 Å². The summed E-state index contributed by atoms with van der Waals surface area (Å²) in [6, 6.07) is 0. The molecule has 0 spiro atoms. The van der Waals surface area contributed by atoms with Gasteiger partial charge in [0.25, 0.3) is 0 Å². The molecule has 1 N–H and O–H groups in total. The molecule has 0 radical (unpaired) electrons. The third-order valence-corrected chi connectivity index (χ3v) is 0.922. The normalized spacial score (nSPS) is 12.9. The molecule has 0 rings (SSSR count). The molecule has 1 amide bonds. The van der Waals surface area contributed by atoms with E-state index in [-0.39, 0.29) is 12.5 Å². The Morgan fingerprint density at radius 3 is 1.73 bits per heavy atom. The molecule has 0 aromatic rings. The van der Waals surface area contributed by atoms with Gasteiger partial charge in [0.2, 0.25) is 0 Å². The Bertz CT molecular complexity index is 162. The van der Waals surface area contributed by atoms with Gasteiger partial charge >= 0.3 is 17.8 Å². The minimum absolute atomic E-state index is 0.0572. The maximum absolute atomic E-state index is 11.9. The fraction of sp³-hybridized carbons (Fsp3) is 0.750. The van der Waals surface area contributed by atoms with Crippen molar-refractivity contribution in [2.45, 2.75) is 18.8 Å². The van der Waals surface area contributed by atoms with Gasteiger partial charge in [-0.2, -0.15) is 23.1 Å². The summed E-state index contributed by atoms with van der Waals surface area (Å²) in [7, 11) is 0. The maximum atomic E-state index is 11.9. The third kappa shape index (κ3) is 1.78. The average molecular weight is 177 g/mol. The predicted molar refractivity (Wildman–Crippen MR) is 24.8 cm³/mol. The van der Waals surface area contributed by atoms with Gasteiger partial charge in [-0.3, -0.25) is 4.79 Å². The first-order chi connectivity index (χ1) is 4.73. The van der Waals surface area contributed by atoms with Crippen LogP contribution in [0.15, 0.2) is 0 Å². The highest BCUT2D eigenvalue weighted by Crippen LogP contribution is 2.33. The second-order valence-corrected chi connectivity index (χ2v) is 1.89. The van der Waals surface area contributed by atoms with E-state index in [1.54, 1.807) is 0 Å². The van der Waals surface area contributed by atoms with Gasteiger partial charge in [-0.05, 0) is 0 Å². The molecule has 7 heteroatoms. The van der Waals surface area contributed by atoms with Crippen LogP contribution >= 0.6 is 0 Å². The van der Waals surface area contributed by atoms with Crippen molar-refractivity contribution >= 4 is 5.91 Å². The van der Waals surface area contributed by atoms with E-state index in [9.17, 15) is 26.8 Å². The van der Waals surface area contributed by atoms with Crippen molar-refractivity contribution in [3.63, 3.8) is 0 Å². The van der Waals surface area contributed by atoms with Crippen LogP contribution in [0.3, 0.4) is 0 Å². The molecule has 0 atom stereocenters. The van der Waals surface area contributed by atoms with Gasteiger partial charge in [-0.25, -0.2) is 0 Å². The van der Waals surface area contributed by atoms with Crippen molar-refractivity contribution in [2.75, 3.05) is 0 Å². The Morgan fingerprint density at radius 1 is 1.27 bits per heavy atom. The standard InChI is InChI=1S/C4H4F5NO/c1-3(5,6)4(7,8)2(11)10-9/h1H3,(H,10,11). The summed E-state index contributed by atoms with van der Waals surface area (Å²) in [4.78, 5) is 9.76. The molecule has 0 fully saturated rings. The highest BCUT2D eigenvalue weighted by Gasteiger charge is 2.58. The van der Waals surface area contributed by atoms with Crippen molar-refractivity contribution in [2.24, 2.45) is 0 Å². The SMILES string of the molecule is CC(F)(F)C(F)(F)C(=O)NF. The fourth-order valence-corrected chi connectivity index (χ4v) is 0.259. The summed E-state index contributed by atoms with van der Waals surface area (Å²) in [5.41, 5.74) is -0.0572. The van der Waals surface area contributed by atoms with Crippen molar-refractivity contribution in [3.05, 3.63) is 0 Å². The number of alkyl halides is 4. The van der Waals surface area contributed by atoms with E-state index in [0.717, 1.165) is 0 Å². The first-order valence-corrected chi connectivity index (χ1v) is 2.40. The van der Waals surface area contributed by atoms with E-state index in [4.69, 9.17) is 0 Å². The van der Waals surface area contributed by atoms with Gasteiger partial charge in [-0.1, -0.05) is 0 Å². The minimum Gasteiger partial charge on any atom is -0.265 e. The summed E-state index contributed by atoms with van der Waals surface area (Å²) in [6.07, 6.45) is 0. The molecule has 0 aromatic carbocycles. The highest BCUT2D eigenvalue weighted by atomic mass is 19.3. The lowest BCUT2D eigenvalue weighted by Gasteiger charge is -2.19. The van der Waals surface area contributed by atoms with Crippen LogP contribution in [0.4, 0.5) is 22.0 Å². The Labute approximate surface area is 58.3 Å². The van der Waals surface area contributed by atoms with E-state index in [0.29, 0.717) is 0 Å². The number of nitrogens with one attached hydrogen (secondary N) is 1. The number of amides is 1. The number of carbonyl (C=O) groups is 1. The summed E-state index contributed by atoms with van der Waals surface area (Å²) in [6.45, 7) is -0.178. The Kier molecular flexibility index (Phi) is 2.42. The van der Waals surface area contributed by atoms with E-state index >= 15 is 0 Å². The Hall–Kier alpha value is -0.880. The van der Waals surface area contributed by atoms with Crippen LogP contribution in [0.5, 0.6) is 0 Å². The molecule has 0 saturated carbocycles. The molecule has 2 nitrogen and oxygen atoms in total. The van der Waals surface area contributed by atoms with E-state index < -0.39 is 17.8 Å². The van der Waals surface area contributed by atoms with Gasteiger partial charge in [0.05, 0.1) is 0 Å². The first-order valence-electron chi connectivity index (χ1n) is 2.40. The quantitative estimate of drug-likeness (QED) is 0.499. The van der Waals surface area contributed by atoms with Crippen LogP contribution in [-0.4, -0.2) is 17.8 Å². The van der Waals surface area contributed by atoms with Crippen molar-refractivity contribution in [3.8, 4) is 0 Å². The summed E-state index contributed by atoms with van der Waals surface area (Å²) in [5, 5.41) is 0. The summed E-state index contributed by atoms with van der Waals surface area (Å²) in [5.74, 6) is -12.2. The van der Waals surface area contributed by atoms with Crippen LogP contribution < -0.4 is 5.54 Å². The maximum Gasteiger partial charge on any atom is 0.388 e. The topological polar surface area (TPSA) is 29.1 Å². The monoisotopic (exact) mass is 177 g/mol. The fourth-order valence-electron chi connectivity index (χ4n) is 0.259. The van der Waals surface area contributed by atoms with Crippen LogP contribution in [0, 0.1) is 0 Å². The molecule has 11 heavy (non-hydrogen) atoms. The summed E-state index contributed by atoms with van der Waals surface area (Å²) < 4.78 is 58.4. The average Bonchev–Trinajstić information content (AvgIpc) is 1.83. The van der Waals surface area contributed by atoms with Crippen molar-refractivity contribution in [1.29, 1.82) is 0 Å². The first kappa shape index (κ1) is 10.1. The van der Waals surface area contributed by atoms with Crippen LogP contribution in [0.1, 0.15) is 6.92 Å². The molecule has 0 unspecified atom stereocenters. The van der Waals surface area contributed by atoms with Crippen molar-refractivity contribution in [1.82, 2.24) is 5.54 Å². The highest BCUT2D eigenvalue weighted by molar-refractivity contribution is 5.83. The molecule has 0 saturated heterocycles. The zero-order valence-electron chi connectivity index (χ0n) is 5.30. The number of hydrogen-bond acceptors (Lipinski definition) is 1. The Balaban J connectivity index is 4.59. The van der Waals surface area contributed by atoms with E-state index in [1.807, 2.05) is 0 Å². The molecule has 0 aliphatic heterocycles. The zero-order chi connectivity index (χ0) is 9.28. The lowest BCUT2D eigenvalue weighted by Crippen LogP contribution is -2.49. The molecule has 0 bridgehead atoms. The predicted octanol–water partition coefficient (Wildman–Crippen LogP) is 1.28. The molecule has 0 aliphatic rings. The lowest BCUT2D eigenvalue weighted by molar-refractivity contribution is -0.205. The van der Waals surface area contributed by atoms with Gasteiger partial charge < -0.3 is 0 Å². The minimum atomic E-state index is -5.01. The van der Waals surface area contributed by atoms with Crippen LogP contribution in [0.25, 0.3) is 0 Å². The van der Waals surface area contributed by atoms with Crippen molar-refractivity contribution < 1.29 is 26.8 Å². The molecule has 0 heterocycles. The van der Waals surface area contributed by atoms with Crippen LogP contribution in [-0.2, 0) is 4.79 Å². The number of halogens is 5. The summed E-state index contributed by atoms with van der Waals surface area (Å²) >= 11 is 0. The van der Waals surface area contributed by atoms with E-state index in [1.165, 1.54) is 0 Å². The number of carbonyl (C=O) groups excluding carboxylic acids is 1. The molecule has 0 aliphatic carbocycles. The molecular formula is C4H4F5NO. The molecule has 66 valence electrons. The smallest absolute Gasteiger partial charge is 0.265 e. The van der Waals surface area contributed by atoms with Gasteiger partial charge in [-0.15, -0.1) is 4.48 Å². The zero-order valence-corrected chi connectivity index (χ0v) is 5.30. The lowest BCUT2D eigenvalue weighted by atomic mass is 10.2. The number of hydrogen-bond donors (Lipinski definition) is 1. The van der Waals surface area contributed by atoms with Gasteiger partial charge in [0.1, 0.15) is 0 Å². The Morgan fingerprint density at radius 2 is 1.64 bits per heavy atom. The molecule has 0 aromatic heterocycles. The second kappa shape index (κ2) is 2.63. The van der Waals surface area contributed by atoms with Crippen LogP contribution in [0.2, 0.25) is 0 Å². The van der Waals surface area contributed by atoms with Gasteiger partial charge in [0.15, 0.2) is 0 Å².